The molecule has 0 saturated heterocycles. The van der Waals surface area contributed by atoms with Gasteiger partial charge in [-0.15, -0.1) is 0 Å². The van der Waals surface area contributed by atoms with E-state index in [-0.39, 0.29) is 11.3 Å². The fraction of sp³-hybridized carbons (Fsp3) is 1.00. The topological polar surface area (TPSA) is 0 Å². The Hall–Kier alpha value is 0.410. The summed E-state index contributed by atoms with van der Waals surface area (Å²) in [6.45, 7) is 6.21. The summed E-state index contributed by atoms with van der Waals surface area (Å²) in [4.78, 5) is 0. The highest BCUT2D eigenvalue weighted by Gasteiger charge is 2.58. The molecular weight excluding hydrogens is 183 g/mol. The molecule has 0 amide bonds. The lowest BCUT2D eigenvalue weighted by atomic mass is 9.90. The molecule has 0 heterocycles. The standard InChI is InChI=1S/C7H12BrF/c1-6(2,3)5-4-7(5,8)9/h5H,4H2,1-3H3. The van der Waals surface area contributed by atoms with Crippen LogP contribution >= 0.6 is 15.9 Å². The average Bonchev–Trinajstić information content (AvgIpc) is 2.10. The van der Waals surface area contributed by atoms with E-state index >= 15 is 0 Å². The quantitative estimate of drug-likeness (QED) is 0.521. The zero-order valence-electron chi connectivity index (χ0n) is 6.04. The summed E-state index contributed by atoms with van der Waals surface area (Å²) in [5.41, 5.74) is 0.123. The van der Waals surface area contributed by atoms with Gasteiger partial charge in [0.1, 0.15) is 0 Å². The number of rotatable bonds is 0. The van der Waals surface area contributed by atoms with Gasteiger partial charge >= 0.3 is 0 Å². The lowest BCUT2D eigenvalue weighted by Gasteiger charge is -2.17. The number of halogens is 2. The fourth-order valence-electron chi connectivity index (χ4n) is 1.15. The van der Waals surface area contributed by atoms with Gasteiger partial charge < -0.3 is 0 Å². The second-order valence-corrected chi connectivity index (χ2v) is 5.20. The van der Waals surface area contributed by atoms with Crippen LogP contribution in [-0.2, 0) is 0 Å². The Morgan fingerprint density at radius 1 is 1.56 bits per heavy atom. The van der Waals surface area contributed by atoms with E-state index in [0.717, 1.165) is 0 Å². The van der Waals surface area contributed by atoms with Gasteiger partial charge in [0, 0.05) is 5.92 Å². The summed E-state index contributed by atoms with van der Waals surface area (Å²) in [6.07, 6.45) is 0.677. The smallest absolute Gasteiger partial charge is 0.168 e. The molecule has 0 radical (unpaired) electrons. The van der Waals surface area contributed by atoms with E-state index in [1.807, 2.05) is 0 Å². The Morgan fingerprint density at radius 2 is 1.89 bits per heavy atom. The van der Waals surface area contributed by atoms with Gasteiger partial charge in [0.25, 0.3) is 0 Å². The highest BCUT2D eigenvalue weighted by atomic mass is 79.9. The average molecular weight is 195 g/mol. The molecule has 0 nitrogen and oxygen atoms in total. The maximum absolute atomic E-state index is 12.9. The summed E-state index contributed by atoms with van der Waals surface area (Å²) in [5.74, 6) is 0.213. The SMILES string of the molecule is CC(C)(C)C1CC1(F)Br. The first-order chi connectivity index (χ1) is 3.84. The highest BCUT2D eigenvalue weighted by Crippen LogP contribution is 2.60. The molecule has 0 aromatic heterocycles. The number of alkyl halides is 2. The zero-order valence-corrected chi connectivity index (χ0v) is 7.63. The van der Waals surface area contributed by atoms with Crippen molar-refractivity contribution < 1.29 is 4.39 Å². The first-order valence-electron chi connectivity index (χ1n) is 3.22. The molecule has 0 aromatic carbocycles. The van der Waals surface area contributed by atoms with Crippen LogP contribution in [0.5, 0.6) is 0 Å². The summed E-state index contributed by atoms with van der Waals surface area (Å²) < 4.78 is 11.8. The maximum Gasteiger partial charge on any atom is 0.168 e. The van der Waals surface area contributed by atoms with Crippen molar-refractivity contribution in [2.75, 3.05) is 0 Å². The van der Waals surface area contributed by atoms with Crippen LogP contribution in [0.2, 0.25) is 0 Å². The van der Waals surface area contributed by atoms with E-state index in [1.54, 1.807) is 0 Å². The van der Waals surface area contributed by atoms with Crippen molar-refractivity contribution >= 4 is 15.9 Å². The van der Waals surface area contributed by atoms with Crippen LogP contribution < -0.4 is 0 Å². The van der Waals surface area contributed by atoms with Gasteiger partial charge in [0.2, 0.25) is 0 Å². The first-order valence-corrected chi connectivity index (χ1v) is 4.01. The third kappa shape index (κ3) is 1.46. The third-order valence-electron chi connectivity index (χ3n) is 1.87. The van der Waals surface area contributed by atoms with E-state index in [9.17, 15) is 4.39 Å². The van der Waals surface area contributed by atoms with Gasteiger partial charge in [-0.3, -0.25) is 0 Å². The summed E-state index contributed by atoms with van der Waals surface area (Å²) in [6, 6.07) is 0. The van der Waals surface area contributed by atoms with E-state index < -0.39 is 4.58 Å². The Kier molecular flexibility index (Phi) is 1.43. The van der Waals surface area contributed by atoms with Crippen LogP contribution in [0.1, 0.15) is 27.2 Å². The van der Waals surface area contributed by atoms with E-state index in [4.69, 9.17) is 0 Å². The van der Waals surface area contributed by atoms with Crippen molar-refractivity contribution in [2.24, 2.45) is 11.3 Å². The van der Waals surface area contributed by atoms with Crippen LogP contribution in [-0.4, -0.2) is 4.58 Å². The monoisotopic (exact) mass is 194 g/mol. The van der Waals surface area contributed by atoms with Gasteiger partial charge in [-0.25, -0.2) is 4.39 Å². The summed E-state index contributed by atoms with van der Waals surface area (Å²) in [5, 5.41) is 0. The molecule has 1 saturated carbocycles. The molecule has 0 bridgehead atoms. The van der Waals surface area contributed by atoms with Gasteiger partial charge in [0.05, 0.1) is 0 Å². The Labute approximate surface area is 64.0 Å². The number of hydrogen-bond donors (Lipinski definition) is 0. The minimum absolute atomic E-state index is 0.123. The van der Waals surface area contributed by atoms with Gasteiger partial charge in [0.15, 0.2) is 4.58 Å². The zero-order chi connectivity index (χ0) is 7.28. The molecule has 0 aliphatic heterocycles. The molecule has 9 heavy (non-hydrogen) atoms. The molecule has 1 aliphatic carbocycles. The van der Waals surface area contributed by atoms with Crippen LogP contribution in [0.15, 0.2) is 0 Å². The molecule has 0 spiro atoms. The highest BCUT2D eigenvalue weighted by molar-refractivity contribution is 9.10. The predicted octanol–water partition coefficient (Wildman–Crippen LogP) is 3.11. The van der Waals surface area contributed by atoms with E-state index in [0.29, 0.717) is 6.42 Å². The van der Waals surface area contributed by atoms with Crippen molar-refractivity contribution in [2.45, 2.75) is 31.8 Å². The van der Waals surface area contributed by atoms with Crippen molar-refractivity contribution in [3.05, 3.63) is 0 Å². The second-order valence-electron chi connectivity index (χ2n) is 3.88. The van der Waals surface area contributed by atoms with Crippen LogP contribution in [0, 0.1) is 11.3 Å². The van der Waals surface area contributed by atoms with Crippen molar-refractivity contribution in [3.8, 4) is 0 Å². The maximum atomic E-state index is 12.9. The first kappa shape index (κ1) is 7.52. The van der Waals surface area contributed by atoms with Gasteiger partial charge in [-0.2, -0.15) is 0 Å². The molecule has 2 atom stereocenters. The second kappa shape index (κ2) is 1.71. The van der Waals surface area contributed by atoms with Gasteiger partial charge in [-0.05, 0) is 27.8 Å². The molecular formula is C7H12BrF. The Balaban J connectivity index is 2.52. The van der Waals surface area contributed by atoms with Crippen LogP contribution in [0.4, 0.5) is 4.39 Å². The molecule has 1 rings (SSSR count). The summed E-state index contributed by atoms with van der Waals surface area (Å²) in [7, 11) is 0. The predicted molar refractivity (Wildman–Crippen MR) is 40.3 cm³/mol. The fourth-order valence-corrected chi connectivity index (χ4v) is 2.16. The normalized spacial score (nSPS) is 43.0. The lowest BCUT2D eigenvalue weighted by Crippen LogP contribution is -2.12. The molecule has 1 aliphatic rings. The van der Waals surface area contributed by atoms with Gasteiger partial charge in [-0.1, -0.05) is 20.8 Å². The molecule has 2 heteroatoms. The van der Waals surface area contributed by atoms with Crippen molar-refractivity contribution in [3.63, 3.8) is 0 Å². The third-order valence-corrected chi connectivity index (χ3v) is 2.75. The molecule has 0 aromatic rings. The Bertz CT molecular complexity index is 123. The van der Waals surface area contributed by atoms with Crippen LogP contribution in [0.25, 0.3) is 0 Å². The summed E-state index contributed by atoms with van der Waals surface area (Å²) >= 11 is 3.02. The van der Waals surface area contributed by atoms with E-state index in [1.165, 1.54) is 0 Å². The lowest BCUT2D eigenvalue weighted by molar-refractivity contribution is 0.284. The van der Waals surface area contributed by atoms with Crippen molar-refractivity contribution in [1.29, 1.82) is 0 Å². The number of hydrogen-bond acceptors (Lipinski definition) is 0. The van der Waals surface area contributed by atoms with Crippen molar-refractivity contribution in [1.82, 2.24) is 0 Å². The minimum atomic E-state index is -1.04. The molecule has 54 valence electrons. The molecule has 1 fully saturated rings. The largest absolute Gasteiger partial charge is 0.231 e. The van der Waals surface area contributed by atoms with Crippen LogP contribution in [0.3, 0.4) is 0 Å². The molecule has 2 unspecified atom stereocenters. The Morgan fingerprint density at radius 3 is 1.89 bits per heavy atom. The van der Waals surface area contributed by atoms with E-state index in [2.05, 4.69) is 36.7 Å². The molecule has 0 N–H and O–H groups in total. The minimum Gasteiger partial charge on any atom is -0.231 e.